The second-order valence-corrected chi connectivity index (χ2v) is 4.72. The lowest BCUT2D eigenvalue weighted by molar-refractivity contribution is 0.197. The van der Waals surface area contributed by atoms with Gasteiger partial charge in [0.2, 0.25) is 0 Å². The van der Waals surface area contributed by atoms with Gasteiger partial charge in [0.1, 0.15) is 0 Å². The smallest absolute Gasteiger partial charge is 0.0218 e. The molecule has 1 unspecified atom stereocenters. The minimum atomic E-state index is 0.617. The predicted molar refractivity (Wildman–Crippen MR) is 73.8 cm³/mol. The highest BCUT2D eigenvalue weighted by molar-refractivity contribution is 4.71. The Hall–Kier alpha value is -0.0800. The van der Waals surface area contributed by atoms with E-state index in [4.69, 9.17) is 5.73 Å². The van der Waals surface area contributed by atoms with E-state index in [9.17, 15) is 0 Å². The summed E-state index contributed by atoms with van der Waals surface area (Å²) in [7, 11) is 0. The SMILES string of the molecule is CCCCCCCC(CN)N(CC)CCC. The topological polar surface area (TPSA) is 29.3 Å². The molecule has 0 aliphatic carbocycles. The molecule has 16 heavy (non-hydrogen) atoms. The predicted octanol–water partition coefficient (Wildman–Crippen LogP) is 3.41. The van der Waals surface area contributed by atoms with Crippen molar-refractivity contribution in [2.75, 3.05) is 19.6 Å². The van der Waals surface area contributed by atoms with E-state index in [0.29, 0.717) is 6.04 Å². The van der Waals surface area contributed by atoms with Crippen LogP contribution >= 0.6 is 0 Å². The third kappa shape index (κ3) is 7.24. The molecule has 0 aliphatic heterocycles. The maximum atomic E-state index is 5.88. The van der Waals surface area contributed by atoms with Gasteiger partial charge in [-0.3, -0.25) is 4.90 Å². The highest BCUT2D eigenvalue weighted by Crippen LogP contribution is 2.11. The molecule has 2 nitrogen and oxygen atoms in total. The lowest BCUT2D eigenvalue weighted by Gasteiger charge is -2.29. The minimum Gasteiger partial charge on any atom is -0.329 e. The second-order valence-electron chi connectivity index (χ2n) is 4.72. The summed E-state index contributed by atoms with van der Waals surface area (Å²) in [5.74, 6) is 0. The van der Waals surface area contributed by atoms with Crippen LogP contribution in [0.5, 0.6) is 0 Å². The fraction of sp³-hybridized carbons (Fsp3) is 1.00. The Morgan fingerprint density at radius 3 is 2.12 bits per heavy atom. The summed E-state index contributed by atoms with van der Waals surface area (Å²) in [5.41, 5.74) is 5.88. The Bertz CT molecular complexity index is 137. The van der Waals surface area contributed by atoms with E-state index in [1.54, 1.807) is 0 Å². The Morgan fingerprint density at radius 2 is 1.62 bits per heavy atom. The molecular formula is C14H32N2. The highest BCUT2D eigenvalue weighted by Gasteiger charge is 2.13. The van der Waals surface area contributed by atoms with E-state index >= 15 is 0 Å². The number of unbranched alkanes of at least 4 members (excludes halogenated alkanes) is 4. The Labute approximate surface area is 103 Å². The molecule has 0 bridgehead atoms. The highest BCUT2D eigenvalue weighted by atomic mass is 15.2. The molecule has 0 rings (SSSR count). The van der Waals surface area contributed by atoms with Crippen molar-refractivity contribution in [3.8, 4) is 0 Å². The van der Waals surface area contributed by atoms with Crippen molar-refractivity contribution in [1.29, 1.82) is 0 Å². The van der Waals surface area contributed by atoms with Crippen LogP contribution in [0.1, 0.15) is 65.7 Å². The first kappa shape index (κ1) is 15.9. The molecule has 0 aliphatic rings. The standard InChI is InChI=1S/C14H32N2/c1-4-7-8-9-10-11-14(13-15)16(6-3)12-5-2/h14H,4-13,15H2,1-3H3. The Kier molecular flexibility index (Phi) is 11.3. The summed E-state index contributed by atoms with van der Waals surface area (Å²) in [5, 5.41) is 0. The summed E-state index contributed by atoms with van der Waals surface area (Å²) in [6.45, 7) is 9.93. The van der Waals surface area contributed by atoms with Gasteiger partial charge in [-0.25, -0.2) is 0 Å². The maximum Gasteiger partial charge on any atom is 0.0218 e. The molecule has 0 saturated carbocycles. The number of nitrogens with two attached hydrogens (primary N) is 1. The van der Waals surface area contributed by atoms with Gasteiger partial charge >= 0.3 is 0 Å². The molecule has 0 aromatic rings. The van der Waals surface area contributed by atoms with Gasteiger partial charge in [0.05, 0.1) is 0 Å². The van der Waals surface area contributed by atoms with Crippen molar-refractivity contribution < 1.29 is 0 Å². The van der Waals surface area contributed by atoms with Crippen LogP contribution < -0.4 is 5.73 Å². The summed E-state index contributed by atoms with van der Waals surface area (Å²) < 4.78 is 0. The second kappa shape index (κ2) is 11.4. The molecule has 0 amide bonds. The van der Waals surface area contributed by atoms with Gasteiger partial charge < -0.3 is 5.73 Å². The van der Waals surface area contributed by atoms with Crippen LogP contribution in [-0.4, -0.2) is 30.6 Å². The number of hydrogen-bond acceptors (Lipinski definition) is 2. The normalized spacial score (nSPS) is 13.3. The van der Waals surface area contributed by atoms with E-state index < -0.39 is 0 Å². The van der Waals surface area contributed by atoms with Crippen molar-refractivity contribution in [2.45, 2.75) is 71.8 Å². The average molecular weight is 228 g/mol. The van der Waals surface area contributed by atoms with Crippen molar-refractivity contribution in [2.24, 2.45) is 5.73 Å². The molecule has 0 aromatic carbocycles. The first-order valence-electron chi connectivity index (χ1n) is 7.24. The fourth-order valence-electron chi connectivity index (χ4n) is 2.32. The van der Waals surface area contributed by atoms with E-state index in [-0.39, 0.29) is 0 Å². The van der Waals surface area contributed by atoms with E-state index in [1.165, 1.54) is 51.5 Å². The van der Waals surface area contributed by atoms with Crippen LogP contribution in [0.25, 0.3) is 0 Å². The summed E-state index contributed by atoms with van der Waals surface area (Å²) in [6.07, 6.45) is 9.37. The molecule has 0 fully saturated rings. The Morgan fingerprint density at radius 1 is 0.938 bits per heavy atom. The van der Waals surface area contributed by atoms with Gasteiger partial charge in [-0.1, -0.05) is 52.9 Å². The van der Waals surface area contributed by atoms with Gasteiger partial charge in [0.15, 0.2) is 0 Å². The molecule has 2 N–H and O–H groups in total. The van der Waals surface area contributed by atoms with E-state index in [2.05, 4.69) is 25.7 Å². The lowest BCUT2D eigenvalue weighted by atomic mass is 10.0. The van der Waals surface area contributed by atoms with Crippen molar-refractivity contribution >= 4 is 0 Å². The minimum absolute atomic E-state index is 0.617. The molecule has 2 heteroatoms. The molecule has 98 valence electrons. The zero-order valence-electron chi connectivity index (χ0n) is 11.7. The number of nitrogens with zero attached hydrogens (tertiary/aromatic N) is 1. The van der Waals surface area contributed by atoms with Crippen LogP contribution in [0.15, 0.2) is 0 Å². The zero-order valence-corrected chi connectivity index (χ0v) is 11.7. The van der Waals surface area contributed by atoms with Crippen LogP contribution in [-0.2, 0) is 0 Å². The third-order valence-corrected chi connectivity index (χ3v) is 3.35. The Balaban J connectivity index is 3.70. The molecule has 0 aromatic heterocycles. The molecule has 0 radical (unpaired) electrons. The summed E-state index contributed by atoms with van der Waals surface area (Å²) >= 11 is 0. The lowest BCUT2D eigenvalue weighted by Crippen LogP contribution is -2.40. The van der Waals surface area contributed by atoms with Crippen molar-refractivity contribution in [3.63, 3.8) is 0 Å². The van der Waals surface area contributed by atoms with E-state index in [1.807, 2.05) is 0 Å². The van der Waals surface area contributed by atoms with E-state index in [0.717, 1.165) is 13.1 Å². The van der Waals surface area contributed by atoms with Crippen molar-refractivity contribution in [1.82, 2.24) is 4.90 Å². The average Bonchev–Trinajstić information content (AvgIpc) is 2.31. The van der Waals surface area contributed by atoms with Crippen LogP contribution in [0.2, 0.25) is 0 Å². The van der Waals surface area contributed by atoms with Gasteiger partial charge in [-0.05, 0) is 25.9 Å². The van der Waals surface area contributed by atoms with Gasteiger partial charge in [-0.2, -0.15) is 0 Å². The molecular weight excluding hydrogens is 196 g/mol. The number of rotatable bonds is 11. The zero-order chi connectivity index (χ0) is 12.2. The van der Waals surface area contributed by atoms with Crippen LogP contribution in [0.4, 0.5) is 0 Å². The summed E-state index contributed by atoms with van der Waals surface area (Å²) in [6, 6.07) is 0.617. The molecule has 0 saturated heterocycles. The van der Waals surface area contributed by atoms with Gasteiger partial charge in [-0.15, -0.1) is 0 Å². The molecule has 0 heterocycles. The first-order chi connectivity index (χ1) is 7.79. The third-order valence-electron chi connectivity index (χ3n) is 3.35. The van der Waals surface area contributed by atoms with Gasteiger partial charge in [0.25, 0.3) is 0 Å². The fourth-order valence-corrected chi connectivity index (χ4v) is 2.32. The molecule has 0 spiro atoms. The quantitative estimate of drug-likeness (QED) is 0.549. The first-order valence-corrected chi connectivity index (χ1v) is 7.24. The van der Waals surface area contributed by atoms with Gasteiger partial charge in [0, 0.05) is 12.6 Å². The molecule has 1 atom stereocenters. The van der Waals surface area contributed by atoms with Crippen LogP contribution in [0, 0.1) is 0 Å². The van der Waals surface area contributed by atoms with Crippen molar-refractivity contribution in [3.05, 3.63) is 0 Å². The summed E-state index contributed by atoms with van der Waals surface area (Å²) in [4.78, 5) is 2.54. The number of hydrogen-bond donors (Lipinski definition) is 1. The largest absolute Gasteiger partial charge is 0.329 e. The number of likely N-dealkylation sites (N-methyl/N-ethyl adjacent to an activating group) is 1. The maximum absolute atomic E-state index is 5.88. The monoisotopic (exact) mass is 228 g/mol. The van der Waals surface area contributed by atoms with Crippen LogP contribution in [0.3, 0.4) is 0 Å².